The highest BCUT2D eigenvalue weighted by Gasteiger charge is 2.67. The predicted molar refractivity (Wildman–Crippen MR) is 78.8 cm³/mol. The van der Waals surface area contributed by atoms with Crippen LogP contribution in [0.1, 0.15) is 33.6 Å². The largest absolute Gasteiger partial charge is 0.479 e. The number of carboxylic acids is 1. The molecule has 0 aromatic heterocycles. The summed E-state index contributed by atoms with van der Waals surface area (Å²) in [7, 11) is 0. The molecular weight excluding hydrogens is 320 g/mol. The molecule has 8 atom stereocenters. The van der Waals surface area contributed by atoms with Gasteiger partial charge in [-0.25, -0.2) is 4.79 Å². The molecule has 4 N–H and O–H groups in total. The maximum absolute atomic E-state index is 12.8. The number of aliphatic carboxylic acids is 1. The Labute approximate surface area is 139 Å². The molecule has 0 unspecified atom stereocenters. The predicted octanol–water partition coefficient (Wildman–Crippen LogP) is -0.711. The van der Waals surface area contributed by atoms with Crippen LogP contribution in [0.4, 0.5) is 0 Å². The van der Waals surface area contributed by atoms with E-state index in [1.807, 2.05) is 20.8 Å². The Morgan fingerprint density at radius 2 is 1.79 bits per heavy atom. The van der Waals surface area contributed by atoms with Crippen molar-refractivity contribution in [3.63, 3.8) is 0 Å². The van der Waals surface area contributed by atoms with E-state index in [4.69, 9.17) is 14.6 Å². The fourth-order valence-electron chi connectivity index (χ4n) is 4.47. The maximum atomic E-state index is 12.8. The minimum atomic E-state index is -1.78. The van der Waals surface area contributed by atoms with Gasteiger partial charge in [-0.15, -0.1) is 0 Å². The smallest absolute Gasteiger partial charge is 0.335 e. The molecule has 0 amide bonds. The maximum Gasteiger partial charge on any atom is 0.335 e. The quantitative estimate of drug-likeness (QED) is 0.527. The van der Waals surface area contributed by atoms with E-state index in [-0.39, 0.29) is 17.1 Å². The first-order chi connectivity index (χ1) is 11.0. The van der Waals surface area contributed by atoms with Crippen molar-refractivity contribution in [3.8, 4) is 0 Å². The van der Waals surface area contributed by atoms with E-state index in [0.717, 1.165) is 12.8 Å². The van der Waals surface area contributed by atoms with Crippen LogP contribution >= 0.6 is 0 Å². The topological polar surface area (TPSA) is 134 Å². The fraction of sp³-hybridized carbons (Fsp3) is 0.875. The lowest BCUT2D eigenvalue weighted by atomic mass is 9.70. The molecule has 0 aromatic rings. The van der Waals surface area contributed by atoms with Gasteiger partial charge in [0.15, 0.2) is 18.2 Å². The van der Waals surface area contributed by atoms with Gasteiger partial charge in [-0.05, 0) is 24.2 Å². The Morgan fingerprint density at radius 3 is 2.29 bits per heavy atom. The van der Waals surface area contributed by atoms with E-state index < -0.39 is 48.2 Å². The third-order valence-electron chi connectivity index (χ3n) is 6.57. The van der Waals surface area contributed by atoms with E-state index in [1.54, 1.807) is 0 Å². The minimum Gasteiger partial charge on any atom is -0.479 e. The van der Waals surface area contributed by atoms with Crippen molar-refractivity contribution in [2.75, 3.05) is 0 Å². The molecule has 3 rings (SSSR count). The number of hydrogen-bond acceptors (Lipinski definition) is 7. The molecule has 136 valence electrons. The summed E-state index contributed by atoms with van der Waals surface area (Å²) in [5.74, 6) is -1.64. The normalized spacial score (nSPS) is 50.2. The molecule has 24 heavy (non-hydrogen) atoms. The van der Waals surface area contributed by atoms with E-state index >= 15 is 0 Å². The molecule has 1 aliphatic heterocycles. The first-order valence-corrected chi connectivity index (χ1v) is 8.14. The number of Topliss-reactive ketones (excluding diaryl/α,β-unsaturated/α-hetero) is 1. The Morgan fingerprint density at radius 1 is 1.17 bits per heavy atom. The van der Waals surface area contributed by atoms with Crippen molar-refractivity contribution in [2.24, 2.45) is 16.7 Å². The molecule has 0 spiro atoms. The van der Waals surface area contributed by atoms with Gasteiger partial charge in [-0.3, -0.25) is 4.79 Å². The van der Waals surface area contributed by atoms with E-state index in [0.29, 0.717) is 0 Å². The van der Waals surface area contributed by atoms with E-state index in [9.17, 15) is 24.9 Å². The van der Waals surface area contributed by atoms with Crippen molar-refractivity contribution in [1.29, 1.82) is 0 Å². The SMILES string of the molecule is CC1(C)[C@@H]2CC[C@@]1(C)C(=O)[C@H]2O[C@H]1O[C@H](C(=O)O)[C@@H](O)[C@H](O)[C@H]1O. The Hall–Kier alpha value is -1.06. The van der Waals surface area contributed by atoms with Crippen molar-refractivity contribution in [3.05, 3.63) is 0 Å². The molecule has 3 aliphatic rings. The van der Waals surface area contributed by atoms with Gasteiger partial charge in [0, 0.05) is 5.41 Å². The van der Waals surface area contributed by atoms with Crippen LogP contribution in [0.3, 0.4) is 0 Å². The Balaban J connectivity index is 1.81. The van der Waals surface area contributed by atoms with E-state index in [1.165, 1.54) is 0 Å². The monoisotopic (exact) mass is 344 g/mol. The van der Waals surface area contributed by atoms with Crippen LogP contribution in [0.2, 0.25) is 0 Å². The van der Waals surface area contributed by atoms with Crippen molar-refractivity contribution < 1.29 is 39.5 Å². The molecular formula is C16H24O8. The summed E-state index contributed by atoms with van der Waals surface area (Å²) in [6, 6.07) is 0. The third kappa shape index (κ3) is 2.17. The number of carbonyl (C=O) groups excluding carboxylic acids is 1. The first-order valence-electron chi connectivity index (χ1n) is 8.14. The third-order valence-corrected chi connectivity index (χ3v) is 6.57. The summed E-state index contributed by atoms with van der Waals surface area (Å²) in [6.07, 6.45) is -7.65. The van der Waals surface area contributed by atoms with Crippen LogP contribution in [0.5, 0.6) is 0 Å². The number of carboxylic acid groups (broad SMARTS) is 1. The van der Waals surface area contributed by atoms with Crippen LogP contribution in [0, 0.1) is 16.7 Å². The Kier molecular flexibility index (Phi) is 4.05. The van der Waals surface area contributed by atoms with Gasteiger partial charge in [-0.2, -0.15) is 0 Å². The number of aliphatic hydroxyl groups is 3. The fourth-order valence-corrected chi connectivity index (χ4v) is 4.47. The van der Waals surface area contributed by atoms with Crippen LogP contribution in [0.15, 0.2) is 0 Å². The van der Waals surface area contributed by atoms with Gasteiger partial charge < -0.3 is 29.9 Å². The lowest BCUT2D eigenvalue weighted by molar-refractivity contribution is -0.304. The zero-order valence-corrected chi connectivity index (χ0v) is 13.9. The van der Waals surface area contributed by atoms with Gasteiger partial charge in [0.25, 0.3) is 0 Å². The number of aliphatic hydroxyl groups excluding tert-OH is 3. The lowest BCUT2D eigenvalue weighted by Gasteiger charge is -2.40. The highest BCUT2D eigenvalue weighted by atomic mass is 16.7. The average Bonchev–Trinajstić information content (AvgIpc) is 2.81. The minimum absolute atomic E-state index is 0.0712. The zero-order valence-electron chi connectivity index (χ0n) is 13.9. The molecule has 2 aliphatic carbocycles. The molecule has 1 saturated heterocycles. The van der Waals surface area contributed by atoms with Gasteiger partial charge in [-0.1, -0.05) is 20.8 Å². The second-order valence-corrected chi connectivity index (χ2v) is 7.85. The van der Waals surface area contributed by atoms with Crippen LogP contribution in [-0.4, -0.2) is 69.0 Å². The summed E-state index contributed by atoms with van der Waals surface area (Å²) in [5, 5.41) is 38.7. The Bertz CT molecular complexity index is 560. The van der Waals surface area contributed by atoms with Crippen LogP contribution < -0.4 is 0 Å². The van der Waals surface area contributed by atoms with Gasteiger partial charge in [0.1, 0.15) is 24.4 Å². The number of fused-ring (bicyclic) bond motifs is 2. The second kappa shape index (κ2) is 5.47. The highest BCUT2D eigenvalue weighted by Crippen LogP contribution is 2.64. The summed E-state index contributed by atoms with van der Waals surface area (Å²) in [5.41, 5.74) is -0.815. The molecule has 3 fully saturated rings. The van der Waals surface area contributed by atoms with Gasteiger partial charge in [0.2, 0.25) is 0 Å². The summed E-state index contributed by atoms with van der Waals surface area (Å²) >= 11 is 0. The molecule has 2 bridgehead atoms. The standard InChI is InChI=1S/C16H24O8/c1-15(2)6-4-5-16(15,3)12(20)10(6)23-14-9(19)7(17)8(18)11(24-14)13(21)22/h6-11,14,17-19H,4-5H2,1-3H3,(H,21,22)/t6-,7+,8+,9-,10+,11+,14+,16+/m1/s1. The number of hydrogen-bond donors (Lipinski definition) is 4. The van der Waals surface area contributed by atoms with Crippen molar-refractivity contribution >= 4 is 11.8 Å². The lowest BCUT2D eigenvalue weighted by Crippen LogP contribution is -2.61. The number of ether oxygens (including phenoxy) is 2. The first kappa shape index (κ1) is 17.8. The number of rotatable bonds is 3. The van der Waals surface area contributed by atoms with Gasteiger partial charge in [0.05, 0.1) is 0 Å². The van der Waals surface area contributed by atoms with E-state index in [2.05, 4.69) is 0 Å². The molecule has 0 aromatic carbocycles. The second-order valence-electron chi connectivity index (χ2n) is 7.85. The summed E-state index contributed by atoms with van der Waals surface area (Å²) < 4.78 is 10.8. The van der Waals surface area contributed by atoms with Crippen LogP contribution in [0.25, 0.3) is 0 Å². The average molecular weight is 344 g/mol. The van der Waals surface area contributed by atoms with Gasteiger partial charge >= 0.3 is 5.97 Å². The highest BCUT2D eigenvalue weighted by molar-refractivity contribution is 5.93. The molecule has 1 heterocycles. The number of carbonyl (C=O) groups is 2. The molecule has 2 saturated carbocycles. The van der Waals surface area contributed by atoms with Crippen LogP contribution in [-0.2, 0) is 19.1 Å². The molecule has 8 nitrogen and oxygen atoms in total. The summed E-state index contributed by atoms with van der Waals surface area (Å²) in [4.78, 5) is 23.9. The summed E-state index contributed by atoms with van der Waals surface area (Å²) in [6.45, 7) is 5.90. The van der Waals surface area contributed by atoms with Crippen molar-refractivity contribution in [1.82, 2.24) is 0 Å². The molecule has 0 radical (unpaired) electrons. The molecule has 8 heteroatoms. The number of ketones is 1. The zero-order chi connectivity index (χ0) is 18.0. The van der Waals surface area contributed by atoms with Crippen molar-refractivity contribution in [2.45, 2.75) is 70.4 Å².